The van der Waals surface area contributed by atoms with Crippen LogP contribution < -0.4 is 10.2 Å². The van der Waals surface area contributed by atoms with Crippen molar-refractivity contribution >= 4 is 34.7 Å². The average Bonchev–Trinajstić information content (AvgIpc) is 2.90. The Bertz CT molecular complexity index is 515. The number of hydrogen-bond acceptors (Lipinski definition) is 5. The lowest BCUT2D eigenvalue weighted by Crippen LogP contribution is -2.19. The topological polar surface area (TPSA) is 41.1 Å². The molecule has 0 amide bonds. The number of rotatable bonds is 6. The smallest absolute Gasteiger partial charge is 0.224 e. The Morgan fingerprint density at radius 2 is 2.32 bits per heavy atom. The first-order valence-corrected chi connectivity index (χ1v) is 7.51. The molecule has 2 rings (SSSR count). The fourth-order valence-electron chi connectivity index (χ4n) is 1.68. The van der Waals surface area contributed by atoms with Crippen molar-refractivity contribution in [1.82, 2.24) is 9.97 Å². The second-order valence-corrected chi connectivity index (χ2v) is 5.47. The Morgan fingerprint density at radius 1 is 1.47 bits per heavy atom. The van der Waals surface area contributed by atoms with Crippen LogP contribution in [0.2, 0.25) is 5.02 Å². The number of nitrogens with zero attached hydrogens (tertiary/aromatic N) is 3. The molecular weight excluding hydrogens is 280 g/mol. The van der Waals surface area contributed by atoms with Crippen LogP contribution in [0.5, 0.6) is 0 Å². The molecule has 2 aromatic heterocycles. The number of anilines is 2. The Morgan fingerprint density at radius 3 is 3.00 bits per heavy atom. The lowest BCUT2D eigenvalue weighted by atomic mass is 10.3. The van der Waals surface area contributed by atoms with Gasteiger partial charge in [0.15, 0.2) is 5.82 Å². The van der Waals surface area contributed by atoms with Gasteiger partial charge in [0.2, 0.25) is 5.95 Å². The van der Waals surface area contributed by atoms with Crippen molar-refractivity contribution in [2.45, 2.75) is 19.9 Å². The fraction of sp³-hybridized carbons (Fsp3) is 0.385. The summed E-state index contributed by atoms with van der Waals surface area (Å²) in [4.78, 5) is 10.7. The molecule has 6 heteroatoms. The maximum atomic E-state index is 6.17. The van der Waals surface area contributed by atoms with Crippen LogP contribution in [0.25, 0.3) is 0 Å². The molecule has 0 aliphatic rings. The van der Waals surface area contributed by atoms with Crippen LogP contribution >= 0.6 is 22.9 Å². The van der Waals surface area contributed by atoms with Gasteiger partial charge in [0.25, 0.3) is 0 Å². The molecule has 0 bridgehead atoms. The first-order valence-electron chi connectivity index (χ1n) is 6.19. The van der Waals surface area contributed by atoms with Gasteiger partial charge in [-0.3, -0.25) is 0 Å². The molecule has 2 heterocycles. The molecule has 0 aromatic carbocycles. The predicted octanol–water partition coefficient (Wildman–Crippen LogP) is 3.65. The summed E-state index contributed by atoms with van der Waals surface area (Å²) < 4.78 is 0. The van der Waals surface area contributed by atoms with Crippen molar-refractivity contribution in [2.24, 2.45) is 0 Å². The highest BCUT2D eigenvalue weighted by Gasteiger charge is 2.10. The third kappa shape index (κ3) is 3.81. The molecule has 0 unspecified atom stereocenters. The lowest BCUT2D eigenvalue weighted by molar-refractivity contribution is 0.887. The van der Waals surface area contributed by atoms with E-state index in [1.807, 2.05) is 11.9 Å². The van der Waals surface area contributed by atoms with Crippen molar-refractivity contribution in [3.05, 3.63) is 33.6 Å². The van der Waals surface area contributed by atoms with E-state index in [0.29, 0.717) is 11.0 Å². The Labute approximate surface area is 122 Å². The average molecular weight is 297 g/mol. The molecule has 2 aromatic rings. The normalized spacial score (nSPS) is 10.5. The fourth-order valence-corrected chi connectivity index (χ4v) is 2.57. The van der Waals surface area contributed by atoms with Gasteiger partial charge in [-0.2, -0.15) is 16.3 Å². The van der Waals surface area contributed by atoms with Gasteiger partial charge in [-0.1, -0.05) is 18.5 Å². The molecule has 0 atom stereocenters. The molecule has 102 valence electrons. The minimum absolute atomic E-state index is 0.569. The summed E-state index contributed by atoms with van der Waals surface area (Å²) in [7, 11) is 1.98. The molecule has 0 saturated heterocycles. The zero-order chi connectivity index (χ0) is 13.7. The summed E-state index contributed by atoms with van der Waals surface area (Å²) in [5, 5.41) is 7.93. The first kappa shape index (κ1) is 14.1. The van der Waals surface area contributed by atoms with Gasteiger partial charge in [-0.25, -0.2) is 4.98 Å². The van der Waals surface area contributed by atoms with Crippen molar-refractivity contribution in [1.29, 1.82) is 0 Å². The Kier molecular flexibility index (Phi) is 4.99. The third-order valence-electron chi connectivity index (χ3n) is 2.62. The zero-order valence-electron chi connectivity index (χ0n) is 11.1. The molecular formula is C13H17ClN4S. The van der Waals surface area contributed by atoms with Gasteiger partial charge >= 0.3 is 0 Å². The predicted molar refractivity (Wildman–Crippen MR) is 82.2 cm³/mol. The first-order chi connectivity index (χ1) is 9.20. The van der Waals surface area contributed by atoms with E-state index < -0.39 is 0 Å². The minimum atomic E-state index is 0.569. The largest absolute Gasteiger partial charge is 0.354 e. The van der Waals surface area contributed by atoms with Crippen LogP contribution in [-0.2, 0) is 6.54 Å². The number of thiophene rings is 1. The second kappa shape index (κ2) is 6.73. The van der Waals surface area contributed by atoms with Crippen molar-refractivity contribution in [3.63, 3.8) is 0 Å². The summed E-state index contributed by atoms with van der Waals surface area (Å²) in [6.07, 6.45) is 2.68. The number of hydrogen-bond donors (Lipinski definition) is 1. The molecule has 0 aliphatic heterocycles. The van der Waals surface area contributed by atoms with E-state index in [0.717, 1.165) is 25.3 Å². The van der Waals surface area contributed by atoms with E-state index in [4.69, 9.17) is 11.6 Å². The standard InChI is InChI=1S/C13H17ClN4S/c1-3-5-15-13-16-7-11(14)12(17-13)18(2)8-10-4-6-19-9-10/h4,6-7,9H,3,5,8H2,1-2H3,(H,15,16,17). The van der Waals surface area contributed by atoms with Gasteiger partial charge in [0.1, 0.15) is 5.02 Å². The summed E-state index contributed by atoms with van der Waals surface area (Å²) >= 11 is 7.86. The van der Waals surface area contributed by atoms with Gasteiger partial charge in [-0.05, 0) is 28.8 Å². The van der Waals surface area contributed by atoms with Gasteiger partial charge in [-0.15, -0.1) is 0 Å². The minimum Gasteiger partial charge on any atom is -0.354 e. The van der Waals surface area contributed by atoms with E-state index in [1.54, 1.807) is 17.5 Å². The summed E-state index contributed by atoms with van der Waals surface area (Å²) in [5.41, 5.74) is 1.25. The van der Waals surface area contributed by atoms with Crippen LogP contribution in [0.4, 0.5) is 11.8 Å². The van der Waals surface area contributed by atoms with Gasteiger partial charge in [0, 0.05) is 20.1 Å². The van der Waals surface area contributed by atoms with Crippen LogP contribution in [0.3, 0.4) is 0 Å². The van der Waals surface area contributed by atoms with Gasteiger partial charge < -0.3 is 10.2 Å². The number of aromatic nitrogens is 2. The Balaban J connectivity index is 2.13. The van der Waals surface area contributed by atoms with Crippen LogP contribution in [0.15, 0.2) is 23.0 Å². The maximum absolute atomic E-state index is 6.17. The van der Waals surface area contributed by atoms with Crippen molar-refractivity contribution in [3.8, 4) is 0 Å². The third-order valence-corrected chi connectivity index (χ3v) is 3.62. The lowest BCUT2D eigenvalue weighted by Gasteiger charge is -2.19. The summed E-state index contributed by atoms with van der Waals surface area (Å²) in [6.45, 7) is 3.75. The summed E-state index contributed by atoms with van der Waals surface area (Å²) in [6, 6.07) is 2.10. The summed E-state index contributed by atoms with van der Waals surface area (Å²) in [5.74, 6) is 1.37. The molecule has 0 spiro atoms. The van der Waals surface area contributed by atoms with Crippen molar-refractivity contribution < 1.29 is 0 Å². The van der Waals surface area contributed by atoms with E-state index >= 15 is 0 Å². The second-order valence-electron chi connectivity index (χ2n) is 4.28. The zero-order valence-corrected chi connectivity index (χ0v) is 12.6. The Hall–Kier alpha value is -1.33. The molecule has 1 N–H and O–H groups in total. The van der Waals surface area contributed by atoms with E-state index in [-0.39, 0.29) is 0 Å². The highest BCUT2D eigenvalue weighted by Crippen LogP contribution is 2.24. The monoisotopic (exact) mass is 296 g/mol. The van der Waals surface area contributed by atoms with Crippen molar-refractivity contribution in [2.75, 3.05) is 23.8 Å². The molecule has 0 aliphatic carbocycles. The van der Waals surface area contributed by atoms with E-state index in [1.165, 1.54) is 5.56 Å². The molecule has 19 heavy (non-hydrogen) atoms. The number of nitrogens with one attached hydrogen (secondary N) is 1. The van der Waals surface area contributed by atoms with E-state index in [2.05, 4.69) is 39.0 Å². The van der Waals surface area contributed by atoms with Crippen LogP contribution in [-0.4, -0.2) is 23.6 Å². The molecule has 4 nitrogen and oxygen atoms in total. The van der Waals surface area contributed by atoms with E-state index in [9.17, 15) is 0 Å². The highest BCUT2D eigenvalue weighted by molar-refractivity contribution is 7.07. The maximum Gasteiger partial charge on any atom is 0.224 e. The van der Waals surface area contributed by atoms with Crippen LogP contribution in [0, 0.1) is 0 Å². The van der Waals surface area contributed by atoms with Crippen LogP contribution in [0.1, 0.15) is 18.9 Å². The molecule has 0 fully saturated rings. The SMILES string of the molecule is CCCNc1ncc(Cl)c(N(C)Cc2ccsc2)n1. The highest BCUT2D eigenvalue weighted by atomic mass is 35.5. The number of halogens is 1. The quantitative estimate of drug-likeness (QED) is 0.883. The van der Waals surface area contributed by atoms with Gasteiger partial charge in [0.05, 0.1) is 6.20 Å². The molecule has 0 saturated carbocycles. The molecule has 0 radical (unpaired) electrons.